The zero-order valence-electron chi connectivity index (χ0n) is 35.0. The molecule has 1 unspecified atom stereocenters. The van der Waals surface area contributed by atoms with Gasteiger partial charge in [-0.3, -0.25) is 0 Å². The number of hydrogen-bond donors (Lipinski definition) is 2. The number of rotatable bonds is 9. The SMILES string of the molecule is CC1(C)c2cc3ccccc3cc2-c2c(-c3cccc(/C(=C/C(N)c4ccc(-c5cccc6c7ccccc7n(-c7ccccc7)c56)cc4)NCc4ccccc4)c3)cccc21. The van der Waals surface area contributed by atoms with Gasteiger partial charge in [-0.1, -0.05) is 184 Å². The Morgan fingerprint density at radius 3 is 2.03 bits per heavy atom. The van der Waals surface area contributed by atoms with Gasteiger partial charge in [-0.2, -0.15) is 0 Å². The number of nitrogens with zero attached hydrogens (tertiary/aromatic N) is 1. The average molecular weight is 798 g/mol. The summed E-state index contributed by atoms with van der Waals surface area (Å²) >= 11 is 0. The van der Waals surface area contributed by atoms with Crippen molar-refractivity contribution in [3.05, 3.63) is 240 Å². The molecule has 3 N–H and O–H groups in total. The molecule has 0 saturated carbocycles. The molecule has 3 heteroatoms. The Hall–Kier alpha value is -7.46. The van der Waals surface area contributed by atoms with Crippen LogP contribution in [0.1, 0.15) is 47.7 Å². The number of benzene rings is 9. The number of hydrogen-bond acceptors (Lipinski definition) is 2. The van der Waals surface area contributed by atoms with Crippen molar-refractivity contribution in [3.8, 4) is 39.1 Å². The summed E-state index contributed by atoms with van der Waals surface area (Å²) in [7, 11) is 0. The van der Waals surface area contributed by atoms with Crippen LogP contribution < -0.4 is 11.1 Å². The minimum Gasteiger partial charge on any atom is -0.381 e. The number of aromatic nitrogens is 1. The van der Waals surface area contributed by atoms with Gasteiger partial charge in [0, 0.05) is 39.7 Å². The molecule has 298 valence electrons. The maximum Gasteiger partial charge on any atom is 0.0619 e. The number of nitrogens with two attached hydrogens (primary N) is 1. The smallest absolute Gasteiger partial charge is 0.0619 e. The summed E-state index contributed by atoms with van der Waals surface area (Å²) in [6.07, 6.45) is 2.19. The number of fused-ring (bicyclic) bond motifs is 7. The van der Waals surface area contributed by atoms with Crippen molar-refractivity contribution in [2.45, 2.75) is 31.8 Å². The van der Waals surface area contributed by atoms with E-state index in [1.807, 2.05) is 0 Å². The predicted octanol–water partition coefficient (Wildman–Crippen LogP) is 14.4. The first-order chi connectivity index (χ1) is 30.4. The molecule has 62 heavy (non-hydrogen) atoms. The molecule has 1 atom stereocenters. The molecule has 0 aliphatic heterocycles. The van der Waals surface area contributed by atoms with Gasteiger partial charge < -0.3 is 15.6 Å². The van der Waals surface area contributed by atoms with Crippen LogP contribution in [0.4, 0.5) is 0 Å². The second-order valence-electron chi connectivity index (χ2n) is 17.1. The Morgan fingerprint density at radius 2 is 1.23 bits per heavy atom. The molecule has 1 heterocycles. The maximum atomic E-state index is 7.16. The largest absolute Gasteiger partial charge is 0.381 e. The number of nitrogens with one attached hydrogen (secondary N) is 1. The lowest BCUT2D eigenvalue weighted by Gasteiger charge is -2.22. The lowest BCUT2D eigenvalue weighted by molar-refractivity contribution is 0.661. The standard InChI is InChI=1S/C59H47N3/c1-59(2)52-28-15-25-47(57(52)51-35-42-18-9-10-19-43(42)36-53(51)59)44-20-13-21-45(34-44)55(61-38-39-16-5-3-6-17-39)37-54(60)41-32-30-40(31-33-41)48-26-14-27-50-49-24-11-12-29-56(49)62(58(48)50)46-22-7-4-8-23-46/h3-37,54,61H,38,60H2,1-2H3/b55-37-. The molecule has 11 rings (SSSR count). The van der Waals surface area contributed by atoms with Gasteiger partial charge in [-0.25, -0.2) is 0 Å². The van der Waals surface area contributed by atoms with Crippen LogP contribution in [0.15, 0.2) is 212 Å². The molecule has 0 radical (unpaired) electrons. The minimum absolute atomic E-state index is 0.111. The molecular formula is C59H47N3. The molecule has 10 aromatic rings. The summed E-state index contributed by atoms with van der Waals surface area (Å²) in [4.78, 5) is 0. The van der Waals surface area contributed by atoms with Crippen LogP contribution in [0, 0.1) is 0 Å². The van der Waals surface area contributed by atoms with Gasteiger partial charge in [0.1, 0.15) is 0 Å². The van der Waals surface area contributed by atoms with E-state index in [1.54, 1.807) is 0 Å². The third-order valence-corrected chi connectivity index (χ3v) is 13.0. The van der Waals surface area contributed by atoms with Crippen LogP contribution in [0.25, 0.3) is 77.3 Å². The van der Waals surface area contributed by atoms with Crippen molar-refractivity contribution in [3.63, 3.8) is 0 Å². The highest BCUT2D eigenvalue weighted by atomic mass is 15.0. The molecule has 0 amide bonds. The molecule has 3 nitrogen and oxygen atoms in total. The highest BCUT2D eigenvalue weighted by Gasteiger charge is 2.37. The fraction of sp³-hybridized carbons (Fsp3) is 0.0847. The quantitative estimate of drug-likeness (QED) is 0.153. The van der Waals surface area contributed by atoms with Gasteiger partial charge in [-0.05, 0) is 109 Å². The molecule has 1 aliphatic rings. The van der Waals surface area contributed by atoms with Crippen LogP contribution in [-0.2, 0) is 12.0 Å². The number of para-hydroxylation sites is 3. The van der Waals surface area contributed by atoms with Gasteiger partial charge in [-0.15, -0.1) is 0 Å². The fourth-order valence-corrected chi connectivity index (χ4v) is 9.88. The van der Waals surface area contributed by atoms with Crippen molar-refractivity contribution < 1.29 is 0 Å². The topological polar surface area (TPSA) is 43.0 Å². The second-order valence-corrected chi connectivity index (χ2v) is 17.1. The molecule has 1 aromatic heterocycles. The summed E-state index contributed by atoms with van der Waals surface area (Å²) in [5.74, 6) is 0. The maximum absolute atomic E-state index is 7.16. The van der Waals surface area contributed by atoms with Crippen molar-refractivity contribution >= 4 is 38.3 Å². The van der Waals surface area contributed by atoms with E-state index in [-0.39, 0.29) is 11.5 Å². The Labute approximate surface area is 363 Å². The van der Waals surface area contributed by atoms with E-state index < -0.39 is 0 Å². The Bertz CT molecular complexity index is 3320. The first kappa shape index (κ1) is 37.5. The van der Waals surface area contributed by atoms with Gasteiger partial charge in [0.05, 0.1) is 17.1 Å². The van der Waals surface area contributed by atoms with Crippen molar-refractivity contribution in [1.82, 2.24) is 9.88 Å². The van der Waals surface area contributed by atoms with Crippen LogP contribution in [0.3, 0.4) is 0 Å². The van der Waals surface area contributed by atoms with E-state index in [4.69, 9.17) is 5.73 Å². The highest BCUT2D eigenvalue weighted by Crippen LogP contribution is 2.53. The summed E-state index contributed by atoms with van der Waals surface area (Å²) < 4.78 is 2.40. The summed E-state index contributed by atoms with van der Waals surface area (Å²) in [6, 6.07) is 74.3. The molecule has 1 aliphatic carbocycles. The molecule has 9 aromatic carbocycles. The lowest BCUT2D eigenvalue weighted by Crippen LogP contribution is -2.16. The second kappa shape index (κ2) is 15.2. The van der Waals surface area contributed by atoms with Crippen LogP contribution >= 0.6 is 0 Å². The minimum atomic E-state index is -0.348. The normalized spacial score (nSPS) is 13.6. The predicted molar refractivity (Wildman–Crippen MR) is 261 cm³/mol. The third-order valence-electron chi connectivity index (χ3n) is 13.0. The van der Waals surface area contributed by atoms with E-state index in [1.165, 1.54) is 77.1 Å². The van der Waals surface area contributed by atoms with Crippen LogP contribution in [0.5, 0.6) is 0 Å². The Balaban J connectivity index is 0.973. The van der Waals surface area contributed by atoms with Crippen LogP contribution in [-0.4, -0.2) is 4.57 Å². The van der Waals surface area contributed by atoms with Gasteiger partial charge in [0.25, 0.3) is 0 Å². The van der Waals surface area contributed by atoms with Gasteiger partial charge in [0.2, 0.25) is 0 Å². The monoisotopic (exact) mass is 797 g/mol. The zero-order chi connectivity index (χ0) is 41.8. The van der Waals surface area contributed by atoms with E-state index in [9.17, 15) is 0 Å². The van der Waals surface area contributed by atoms with Gasteiger partial charge in [0.15, 0.2) is 0 Å². The van der Waals surface area contributed by atoms with Crippen molar-refractivity contribution in [1.29, 1.82) is 0 Å². The van der Waals surface area contributed by atoms with Crippen LogP contribution in [0.2, 0.25) is 0 Å². The molecule has 0 saturated heterocycles. The Morgan fingerprint density at radius 1 is 0.565 bits per heavy atom. The fourth-order valence-electron chi connectivity index (χ4n) is 9.88. The zero-order valence-corrected chi connectivity index (χ0v) is 35.0. The van der Waals surface area contributed by atoms with E-state index >= 15 is 0 Å². The summed E-state index contributed by atoms with van der Waals surface area (Å²) in [5.41, 5.74) is 25.1. The lowest BCUT2D eigenvalue weighted by atomic mass is 9.81. The first-order valence-electron chi connectivity index (χ1n) is 21.6. The third kappa shape index (κ3) is 6.41. The average Bonchev–Trinajstić information content (AvgIpc) is 3.78. The molecule has 0 fully saturated rings. The van der Waals surface area contributed by atoms with E-state index in [0.717, 1.165) is 28.1 Å². The van der Waals surface area contributed by atoms with E-state index in [0.29, 0.717) is 6.54 Å². The van der Waals surface area contributed by atoms with Crippen molar-refractivity contribution in [2.24, 2.45) is 5.73 Å². The Kier molecular flexibility index (Phi) is 9.21. The summed E-state index contributed by atoms with van der Waals surface area (Å²) in [6.45, 7) is 5.40. The summed E-state index contributed by atoms with van der Waals surface area (Å²) in [5, 5.41) is 8.84. The molecule has 0 bridgehead atoms. The van der Waals surface area contributed by atoms with Crippen molar-refractivity contribution in [2.75, 3.05) is 0 Å². The highest BCUT2D eigenvalue weighted by molar-refractivity contribution is 6.13. The molecule has 0 spiro atoms. The molecular weight excluding hydrogens is 751 g/mol. The van der Waals surface area contributed by atoms with Gasteiger partial charge >= 0.3 is 0 Å². The van der Waals surface area contributed by atoms with E-state index in [2.05, 4.69) is 236 Å². The first-order valence-corrected chi connectivity index (χ1v) is 21.6.